The van der Waals surface area contributed by atoms with E-state index < -0.39 is 50.3 Å². The number of hydrogen-bond acceptors (Lipinski definition) is 13. The maximum atomic E-state index is 13.9. The Kier molecular flexibility index (Phi) is 8.25. The number of para-hydroxylation sites is 1. The van der Waals surface area contributed by atoms with Crippen LogP contribution in [0, 0.1) is 11.3 Å². The van der Waals surface area contributed by atoms with Gasteiger partial charge in [-0.05, 0) is 44.2 Å². The number of nitrogens with one attached hydrogen (secondary N) is 2. The number of benzene rings is 1. The molecule has 2 aromatic heterocycles. The summed E-state index contributed by atoms with van der Waals surface area (Å²) in [7, 11) is -4.41. The van der Waals surface area contributed by atoms with Crippen molar-refractivity contribution in [3.63, 3.8) is 0 Å². The van der Waals surface area contributed by atoms with Crippen LogP contribution in [0.2, 0.25) is 0 Å². The largest absolute Gasteiger partial charge is 0.460 e. The SMILES string of the molecule is C[C@H](NP(=O)(OC[C@@]1(C#N)O[C@@H](c2ccc3c(N)ncnn23)[C@H](O)[C@@H]1O)Oc1ccccc1)C(=O)O[C@H]1CCNC1. The quantitative estimate of drug-likeness (QED) is 0.161. The van der Waals surface area contributed by atoms with Gasteiger partial charge in [0, 0.05) is 6.54 Å². The number of nitrogens with two attached hydrogens (primary N) is 1. The lowest BCUT2D eigenvalue weighted by Crippen LogP contribution is -2.46. The number of nitrogen functional groups attached to an aromatic ring is 1. The van der Waals surface area contributed by atoms with Crippen molar-refractivity contribution in [2.24, 2.45) is 0 Å². The number of aliphatic hydroxyl groups is 2. The number of esters is 1. The van der Waals surface area contributed by atoms with Crippen molar-refractivity contribution in [2.75, 3.05) is 25.4 Å². The van der Waals surface area contributed by atoms with E-state index in [-0.39, 0.29) is 23.4 Å². The number of aliphatic hydroxyl groups excluding tert-OH is 2. The smallest absolute Gasteiger partial charge is 0.459 e. The molecular weight excluding hydrogens is 557 g/mol. The molecule has 1 unspecified atom stereocenters. The number of carbonyl (C=O) groups is 1. The van der Waals surface area contributed by atoms with Gasteiger partial charge in [-0.3, -0.25) is 9.32 Å². The zero-order valence-corrected chi connectivity index (χ0v) is 22.9. The predicted octanol–water partition coefficient (Wildman–Crippen LogP) is 0.454. The summed E-state index contributed by atoms with van der Waals surface area (Å²) in [5.74, 6) is -0.350. The van der Waals surface area contributed by atoms with E-state index in [1.54, 1.807) is 30.3 Å². The monoisotopic (exact) mass is 587 g/mol. The second-order valence-electron chi connectivity index (χ2n) is 9.75. The van der Waals surface area contributed by atoms with Crippen LogP contribution in [-0.4, -0.2) is 80.4 Å². The second-order valence-corrected chi connectivity index (χ2v) is 11.4. The third-order valence-electron chi connectivity index (χ3n) is 6.86. The van der Waals surface area contributed by atoms with Crippen molar-refractivity contribution >= 4 is 25.1 Å². The Morgan fingerprint density at radius 3 is 2.85 bits per heavy atom. The maximum absolute atomic E-state index is 13.9. The van der Waals surface area contributed by atoms with E-state index in [2.05, 4.69) is 20.5 Å². The number of aromatic nitrogens is 3. The Balaban J connectivity index is 1.36. The van der Waals surface area contributed by atoms with Gasteiger partial charge in [-0.25, -0.2) is 14.1 Å². The van der Waals surface area contributed by atoms with Gasteiger partial charge in [0.05, 0.1) is 5.69 Å². The number of nitriles is 1. The first-order valence-corrected chi connectivity index (χ1v) is 14.4. The summed E-state index contributed by atoms with van der Waals surface area (Å²) in [5, 5.41) is 41.7. The fraction of sp³-hybridized carbons (Fsp3) is 0.440. The number of ether oxygens (including phenoxy) is 2. The van der Waals surface area contributed by atoms with Crippen LogP contribution in [0.25, 0.3) is 5.52 Å². The van der Waals surface area contributed by atoms with E-state index in [0.717, 1.165) is 0 Å². The fourth-order valence-electron chi connectivity index (χ4n) is 4.65. The molecule has 0 amide bonds. The van der Waals surface area contributed by atoms with E-state index in [0.29, 0.717) is 25.0 Å². The molecule has 2 aliphatic heterocycles. The Hall–Kier alpha value is -3.61. The van der Waals surface area contributed by atoms with Gasteiger partial charge in [0.15, 0.2) is 5.82 Å². The highest BCUT2D eigenvalue weighted by Gasteiger charge is 2.57. The van der Waals surface area contributed by atoms with Crippen LogP contribution in [0.5, 0.6) is 5.75 Å². The highest BCUT2D eigenvalue weighted by molar-refractivity contribution is 7.52. The van der Waals surface area contributed by atoms with E-state index >= 15 is 0 Å². The number of carbonyl (C=O) groups excluding carboxylic acids is 1. The standard InChI is InChI=1S/C25H30N7O8P/c1-15(24(35)38-17-9-10-28-11-17)31-41(36,40-16-5-3-2-4-6-16)37-13-25(12-26)22(34)20(33)21(39-25)18-7-8-19-23(27)29-14-30-32(18)19/h2-8,14-15,17,20-22,28,33-34H,9-11,13H2,1H3,(H,31,36)(H2,27,29,30)/t15-,17-,20-,21-,22-,25+,41?/m0/s1. The molecule has 2 saturated heterocycles. The van der Waals surface area contributed by atoms with Gasteiger partial charge >= 0.3 is 13.7 Å². The first-order valence-electron chi connectivity index (χ1n) is 12.9. The zero-order chi connectivity index (χ0) is 29.2. The predicted molar refractivity (Wildman–Crippen MR) is 142 cm³/mol. The Morgan fingerprint density at radius 2 is 2.15 bits per heavy atom. The third-order valence-corrected chi connectivity index (χ3v) is 8.49. The highest BCUT2D eigenvalue weighted by Crippen LogP contribution is 2.48. The van der Waals surface area contributed by atoms with Crippen LogP contribution in [-0.2, 0) is 23.4 Å². The Labute approximate surface area is 234 Å². The van der Waals surface area contributed by atoms with Crippen molar-refractivity contribution in [3.8, 4) is 11.8 Å². The molecule has 218 valence electrons. The molecule has 3 aromatic rings. The number of anilines is 1. The summed E-state index contributed by atoms with van der Waals surface area (Å²) < 4.78 is 37.9. The van der Waals surface area contributed by atoms with Crippen LogP contribution in [0.1, 0.15) is 25.1 Å². The van der Waals surface area contributed by atoms with Crippen molar-refractivity contribution in [1.29, 1.82) is 5.26 Å². The van der Waals surface area contributed by atoms with Crippen molar-refractivity contribution in [2.45, 2.75) is 49.4 Å². The van der Waals surface area contributed by atoms with Crippen LogP contribution >= 0.6 is 7.75 Å². The lowest BCUT2D eigenvalue weighted by Gasteiger charge is -2.28. The van der Waals surface area contributed by atoms with Crippen LogP contribution < -0.4 is 20.7 Å². The van der Waals surface area contributed by atoms with E-state index in [1.807, 2.05) is 6.07 Å². The fourth-order valence-corrected chi connectivity index (χ4v) is 6.17. The molecule has 2 fully saturated rings. The molecule has 16 heteroatoms. The lowest BCUT2D eigenvalue weighted by atomic mass is 9.96. The Morgan fingerprint density at radius 1 is 1.37 bits per heavy atom. The molecule has 0 aliphatic carbocycles. The zero-order valence-electron chi connectivity index (χ0n) is 22.0. The molecule has 4 heterocycles. The highest BCUT2D eigenvalue weighted by atomic mass is 31.2. The minimum atomic E-state index is -4.41. The van der Waals surface area contributed by atoms with Gasteiger partial charge in [-0.1, -0.05) is 18.2 Å². The molecule has 7 atom stereocenters. The van der Waals surface area contributed by atoms with Crippen molar-refractivity contribution in [3.05, 3.63) is 54.5 Å². The average molecular weight is 588 g/mol. The summed E-state index contributed by atoms with van der Waals surface area (Å²) in [6.07, 6.45) is -3.08. The van der Waals surface area contributed by atoms with E-state index in [9.17, 15) is 24.8 Å². The molecule has 41 heavy (non-hydrogen) atoms. The molecule has 0 spiro atoms. The van der Waals surface area contributed by atoms with Crippen LogP contribution in [0.3, 0.4) is 0 Å². The molecule has 15 nitrogen and oxygen atoms in total. The number of hydrogen-bond donors (Lipinski definition) is 5. The second kappa shape index (κ2) is 11.7. The van der Waals surface area contributed by atoms with Crippen LogP contribution in [0.4, 0.5) is 5.82 Å². The van der Waals surface area contributed by atoms with Gasteiger partial charge in [0.25, 0.3) is 0 Å². The minimum Gasteiger partial charge on any atom is -0.460 e. The van der Waals surface area contributed by atoms with Gasteiger partial charge in [0.2, 0.25) is 5.60 Å². The lowest BCUT2D eigenvalue weighted by molar-refractivity contribution is -0.149. The normalized spacial score (nSPS) is 28.1. The summed E-state index contributed by atoms with van der Waals surface area (Å²) >= 11 is 0. The number of fused-ring (bicyclic) bond motifs is 1. The van der Waals surface area contributed by atoms with Crippen molar-refractivity contribution in [1.82, 2.24) is 25.0 Å². The molecule has 0 bridgehead atoms. The molecule has 0 saturated carbocycles. The first-order chi connectivity index (χ1) is 19.6. The Bertz CT molecular complexity index is 1480. The van der Waals surface area contributed by atoms with Crippen LogP contribution in [0.15, 0.2) is 48.8 Å². The summed E-state index contributed by atoms with van der Waals surface area (Å²) in [6.45, 7) is 1.85. The summed E-state index contributed by atoms with van der Waals surface area (Å²) in [5.41, 5.74) is 4.43. The molecule has 5 rings (SSSR count). The van der Waals surface area contributed by atoms with Gasteiger partial charge in [0.1, 0.15) is 60.7 Å². The number of rotatable bonds is 10. The number of nitrogens with zero attached hydrogens (tertiary/aromatic N) is 4. The maximum Gasteiger partial charge on any atom is 0.459 e. The van der Waals surface area contributed by atoms with Gasteiger partial charge < -0.3 is 35.3 Å². The molecular formula is C25H30N7O8P. The van der Waals surface area contributed by atoms with E-state index in [4.69, 9.17) is 24.3 Å². The molecule has 6 N–H and O–H groups in total. The minimum absolute atomic E-state index is 0.151. The van der Waals surface area contributed by atoms with Gasteiger partial charge in [-0.15, -0.1) is 0 Å². The average Bonchev–Trinajstić information content (AvgIpc) is 3.69. The molecule has 0 radical (unpaired) electrons. The van der Waals surface area contributed by atoms with Gasteiger partial charge in [-0.2, -0.15) is 15.4 Å². The molecule has 2 aliphatic rings. The third kappa shape index (κ3) is 5.90. The molecule has 1 aromatic carbocycles. The van der Waals surface area contributed by atoms with E-state index in [1.165, 1.54) is 29.9 Å². The summed E-state index contributed by atoms with van der Waals surface area (Å²) in [4.78, 5) is 16.6. The summed E-state index contributed by atoms with van der Waals surface area (Å²) in [6, 6.07) is 11.9. The topological polar surface area (TPSA) is 216 Å². The van der Waals surface area contributed by atoms with Crippen molar-refractivity contribution < 1.29 is 38.1 Å². The first kappa shape index (κ1) is 28.9.